The Bertz CT molecular complexity index is 639. The number of rotatable bonds is 1. The molecular formula is C16H17NO3. The molecule has 0 amide bonds. The molecule has 2 atom stereocenters. The predicted molar refractivity (Wildman–Crippen MR) is 76.0 cm³/mol. The molecule has 0 saturated heterocycles. The van der Waals surface area contributed by atoms with E-state index in [1.807, 2.05) is 19.1 Å². The first-order chi connectivity index (χ1) is 9.50. The van der Waals surface area contributed by atoms with Crippen LogP contribution in [-0.2, 0) is 5.41 Å². The van der Waals surface area contributed by atoms with E-state index in [2.05, 4.69) is 0 Å². The number of phenolic OH excluding ortho intramolecular Hbond substituents is 2. The van der Waals surface area contributed by atoms with E-state index >= 15 is 0 Å². The molecule has 2 aromatic rings. The number of aromatic hydroxyl groups is 2. The number of benzene rings is 2. The van der Waals surface area contributed by atoms with Crippen molar-refractivity contribution in [3.05, 3.63) is 53.6 Å². The van der Waals surface area contributed by atoms with E-state index in [0.29, 0.717) is 12.4 Å². The minimum absolute atomic E-state index is 0.171. The van der Waals surface area contributed by atoms with Gasteiger partial charge in [-0.15, -0.1) is 0 Å². The van der Waals surface area contributed by atoms with Gasteiger partial charge in [-0.25, -0.2) is 0 Å². The molecule has 4 nitrogen and oxygen atoms in total. The molecule has 0 aromatic heterocycles. The van der Waals surface area contributed by atoms with Crippen molar-refractivity contribution in [2.24, 2.45) is 5.73 Å². The van der Waals surface area contributed by atoms with Gasteiger partial charge in [0, 0.05) is 23.1 Å². The topological polar surface area (TPSA) is 75.7 Å². The minimum atomic E-state index is -0.377. The molecule has 0 unspecified atom stereocenters. The molecule has 3 rings (SSSR count). The van der Waals surface area contributed by atoms with Crippen LogP contribution < -0.4 is 10.5 Å². The Hall–Kier alpha value is -2.20. The van der Waals surface area contributed by atoms with E-state index in [1.54, 1.807) is 30.3 Å². The molecule has 2 aromatic carbocycles. The highest BCUT2D eigenvalue weighted by atomic mass is 16.5. The lowest BCUT2D eigenvalue weighted by Gasteiger charge is -2.40. The zero-order chi connectivity index (χ0) is 14.3. The predicted octanol–water partition coefficient (Wildman–Crippen LogP) is 2.45. The second kappa shape index (κ2) is 4.42. The standard InChI is InChI=1S/C16H17NO3/c1-16(10-2-4-11(18)5-3-10)9-20-14-8-12(19)6-7-13(14)15(16)17/h2-8,15,18-19H,9,17H2,1H3/t15-,16-/m1/s1. The van der Waals surface area contributed by atoms with Crippen molar-refractivity contribution in [3.8, 4) is 17.2 Å². The first kappa shape index (κ1) is 12.8. The van der Waals surface area contributed by atoms with Gasteiger partial charge in [-0.3, -0.25) is 0 Å². The fourth-order valence-corrected chi connectivity index (χ4v) is 2.67. The molecule has 20 heavy (non-hydrogen) atoms. The van der Waals surface area contributed by atoms with Crippen molar-refractivity contribution in [2.45, 2.75) is 18.4 Å². The van der Waals surface area contributed by atoms with Gasteiger partial charge in [0.1, 0.15) is 17.2 Å². The van der Waals surface area contributed by atoms with Crippen LogP contribution in [0.25, 0.3) is 0 Å². The summed E-state index contributed by atoms with van der Waals surface area (Å²) in [6, 6.07) is 11.8. The number of fused-ring (bicyclic) bond motifs is 1. The first-order valence-electron chi connectivity index (χ1n) is 6.51. The maximum absolute atomic E-state index is 9.50. The minimum Gasteiger partial charge on any atom is -0.508 e. The zero-order valence-electron chi connectivity index (χ0n) is 11.2. The van der Waals surface area contributed by atoms with E-state index in [-0.39, 0.29) is 23.0 Å². The molecule has 0 saturated carbocycles. The van der Waals surface area contributed by atoms with Gasteiger partial charge in [0.2, 0.25) is 0 Å². The van der Waals surface area contributed by atoms with Crippen LogP contribution in [0.4, 0.5) is 0 Å². The maximum atomic E-state index is 9.50. The molecule has 4 heteroatoms. The summed E-state index contributed by atoms with van der Waals surface area (Å²) < 4.78 is 5.77. The average Bonchev–Trinajstić information content (AvgIpc) is 2.44. The van der Waals surface area contributed by atoms with Crippen LogP contribution >= 0.6 is 0 Å². The van der Waals surface area contributed by atoms with Crippen molar-refractivity contribution < 1.29 is 14.9 Å². The van der Waals surface area contributed by atoms with Gasteiger partial charge >= 0.3 is 0 Å². The smallest absolute Gasteiger partial charge is 0.127 e. The van der Waals surface area contributed by atoms with Gasteiger partial charge in [0.05, 0.1) is 6.61 Å². The van der Waals surface area contributed by atoms with Crippen LogP contribution in [0.2, 0.25) is 0 Å². The average molecular weight is 271 g/mol. The summed E-state index contributed by atoms with van der Waals surface area (Å²) in [6.45, 7) is 2.47. The molecule has 0 bridgehead atoms. The molecule has 104 valence electrons. The first-order valence-corrected chi connectivity index (χ1v) is 6.51. The number of hydrogen-bond acceptors (Lipinski definition) is 4. The fourth-order valence-electron chi connectivity index (χ4n) is 2.67. The van der Waals surface area contributed by atoms with Gasteiger partial charge in [-0.1, -0.05) is 25.1 Å². The van der Waals surface area contributed by atoms with Crippen molar-refractivity contribution in [2.75, 3.05) is 6.61 Å². The number of nitrogens with two attached hydrogens (primary N) is 1. The third-order valence-corrected chi connectivity index (χ3v) is 4.07. The lowest BCUT2D eigenvalue weighted by atomic mass is 9.72. The summed E-state index contributed by atoms with van der Waals surface area (Å²) in [4.78, 5) is 0. The Kier molecular flexibility index (Phi) is 2.83. The van der Waals surface area contributed by atoms with Gasteiger partial charge in [-0.05, 0) is 23.8 Å². The summed E-state index contributed by atoms with van der Waals surface area (Å²) in [5.41, 5.74) is 7.94. The number of hydrogen-bond donors (Lipinski definition) is 3. The maximum Gasteiger partial charge on any atom is 0.127 e. The summed E-state index contributed by atoms with van der Waals surface area (Å²) >= 11 is 0. The molecular weight excluding hydrogens is 254 g/mol. The lowest BCUT2D eigenvalue weighted by molar-refractivity contribution is 0.170. The summed E-state index contributed by atoms with van der Waals surface area (Å²) in [5, 5.41) is 18.9. The van der Waals surface area contributed by atoms with E-state index in [0.717, 1.165) is 11.1 Å². The molecule has 1 aliphatic rings. The summed E-state index contributed by atoms with van der Waals surface area (Å²) in [7, 11) is 0. The third-order valence-electron chi connectivity index (χ3n) is 4.07. The van der Waals surface area contributed by atoms with Crippen LogP contribution in [0.3, 0.4) is 0 Å². The molecule has 1 aliphatic heterocycles. The molecule has 0 fully saturated rings. The van der Waals surface area contributed by atoms with E-state index < -0.39 is 0 Å². The van der Waals surface area contributed by atoms with Gasteiger partial charge in [0.15, 0.2) is 0 Å². The van der Waals surface area contributed by atoms with Crippen LogP contribution in [0, 0.1) is 0 Å². The zero-order valence-corrected chi connectivity index (χ0v) is 11.2. The molecule has 0 spiro atoms. The van der Waals surface area contributed by atoms with Crippen molar-refractivity contribution in [1.29, 1.82) is 0 Å². The SMILES string of the molecule is C[C@]1(c2ccc(O)cc2)COc2cc(O)ccc2[C@H]1N. The molecule has 1 heterocycles. The van der Waals surface area contributed by atoms with Crippen LogP contribution in [0.1, 0.15) is 24.1 Å². The fraction of sp³-hybridized carbons (Fsp3) is 0.250. The van der Waals surface area contributed by atoms with Crippen LogP contribution in [-0.4, -0.2) is 16.8 Å². The normalized spacial score (nSPS) is 24.8. The van der Waals surface area contributed by atoms with E-state index in [4.69, 9.17) is 10.5 Å². The number of phenols is 2. The Balaban J connectivity index is 2.04. The second-order valence-electron chi connectivity index (χ2n) is 5.45. The highest BCUT2D eigenvalue weighted by Crippen LogP contribution is 2.44. The van der Waals surface area contributed by atoms with Gasteiger partial charge in [0.25, 0.3) is 0 Å². The lowest BCUT2D eigenvalue weighted by Crippen LogP contribution is -2.44. The summed E-state index contributed by atoms with van der Waals surface area (Å²) in [6.07, 6.45) is 0. The molecule has 0 radical (unpaired) electrons. The second-order valence-corrected chi connectivity index (χ2v) is 5.45. The quantitative estimate of drug-likeness (QED) is 0.744. The largest absolute Gasteiger partial charge is 0.508 e. The highest BCUT2D eigenvalue weighted by Gasteiger charge is 2.40. The van der Waals surface area contributed by atoms with Crippen molar-refractivity contribution in [1.82, 2.24) is 0 Å². The van der Waals surface area contributed by atoms with Crippen LogP contribution in [0.5, 0.6) is 17.2 Å². The Morgan fingerprint density at radius 2 is 1.75 bits per heavy atom. The Morgan fingerprint density at radius 3 is 2.45 bits per heavy atom. The van der Waals surface area contributed by atoms with E-state index in [1.165, 1.54) is 0 Å². The Morgan fingerprint density at radius 1 is 1.10 bits per heavy atom. The summed E-state index contributed by atoms with van der Waals surface area (Å²) in [5.74, 6) is 1.03. The molecule has 4 N–H and O–H groups in total. The monoisotopic (exact) mass is 271 g/mol. The number of ether oxygens (including phenoxy) is 1. The van der Waals surface area contributed by atoms with E-state index in [9.17, 15) is 10.2 Å². The van der Waals surface area contributed by atoms with Crippen molar-refractivity contribution >= 4 is 0 Å². The van der Waals surface area contributed by atoms with Crippen LogP contribution in [0.15, 0.2) is 42.5 Å². The van der Waals surface area contributed by atoms with Gasteiger partial charge in [-0.2, -0.15) is 0 Å². The van der Waals surface area contributed by atoms with Gasteiger partial charge < -0.3 is 20.7 Å². The highest BCUT2D eigenvalue weighted by molar-refractivity contribution is 5.47. The third kappa shape index (κ3) is 1.89. The molecule has 0 aliphatic carbocycles. The van der Waals surface area contributed by atoms with Crippen molar-refractivity contribution in [3.63, 3.8) is 0 Å². The Labute approximate surface area is 117 Å².